The Morgan fingerprint density at radius 1 is 0.947 bits per heavy atom. The molecule has 0 spiro atoms. The lowest BCUT2D eigenvalue weighted by molar-refractivity contribution is -0.142. The van der Waals surface area contributed by atoms with Gasteiger partial charge in [-0.1, -0.05) is 32.0 Å². The number of hydrogen-bond acceptors (Lipinski definition) is 6. The Morgan fingerprint density at radius 3 is 2.32 bits per heavy atom. The highest BCUT2D eigenvalue weighted by Gasteiger charge is 2.29. The average Bonchev–Trinajstić information content (AvgIpc) is 3.52. The van der Waals surface area contributed by atoms with Crippen LogP contribution in [0, 0.1) is 5.92 Å². The molecule has 0 fully saturated rings. The molecule has 8 N–H and O–H groups in total. The van der Waals surface area contributed by atoms with Gasteiger partial charge in [-0.05, 0) is 30.9 Å². The van der Waals surface area contributed by atoms with Gasteiger partial charge >= 0.3 is 5.97 Å². The number of carboxylic acids is 1. The van der Waals surface area contributed by atoms with Crippen LogP contribution in [0.15, 0.2) is 43.0 Å². The third-order valence-corrected chi connectivity index (χ3v) is 6.14. The van der Waals surface area contributed by atoms with E-state index in [-0.39, 0.29) is 18.8 Å². The Labute approximate surface area is 220 Å². The molecular weight excluding hydrogens is 490 g/mol. The standard InChI is InChI=1S/C26H35N7O5/c1-14(2)8-19(27)24(35)32-21(9-16-11-29-20-7-5-4-6-18(16)20)25(36)31-15(3)23(34)33-22(26(37)38)10-17-12-28-13-30-17/h4-7,11-15,19,21-22,29H,8-10,27H2,1-3H3,(H,28,30)(H,31,36)(H,32,35)(H,33,34)(H,37,38). The SMILES string of the molecule is CC(C)CC(N)C(=O)NC(Cc1c[nH]c2ccccc12)C(=O)NC(C)C(=O)NC(Cc1cnc[nH]1)C(=O)O. The van der Waals surface area contributed by atoms with Crippen LogP contribution in [0.1, 0.15) is 38.4 Å². The molecule has 3 rings (SSSR count). The third-order valence-electron chi connectivity index (χ3n) is 6.14. The van der Waals surface area contributed by atoms with Gasteiger partial charge in [-0.3, -0.25) is 14.4 Å². The van der Waals surface area contributed by atoms with Crippen molar-refractivity contribution in [2.75, 3.05) is 0 Å². The van der Waals surface area contributed by atoms with Gasteiger partial charge in [0.25, 0.3) is 0 Å². The number of para-hydroxylation sites is 1. The molecule has 0 saturated heterocycles. The summed E-state index contributed by atoms with van der Waals surface area (Å²) in [5.74, 6) is -2.79. The zero-order valence-corrected chi connectivity index (χ0v) is 21.7. The van der Waals surface area contributed by atoms with E-state index < -0.39 is 47.9 Å². The molecule has 204 valence electrons. The molecule has 12 heteroatoms. The average molecular weight is 526 g/mol. The quantitative estimate of drug-likeness (QED) is 0.170. The van der Waals surface area contributed by atoms with E-state index >= 15 is 0 Å². The minimum Gasteiger partial charge on any atom is -0.480 e. The largest absolute Gasteiger partial charge is 0.480 e. The number of imidazole rings is 1. The zero-order valence-electron chi connectivity index (χ0n) is 21.7. The van der Waals surface area contributed by atoms with Gasteiger partial charge in [-0.15, -0.1) is 0 Å². The predicted molar refractivity (Wildman–Crippen MR) is 141 cm³/mol. The summed E-state index contributed by atoms with van der Waals surface area (Å²) in [4.78, 5) is 60.3. The van der Waals surface area contributed by atoms with Gasteiger partial charge in [0.05, 0.1) is 12.4 Å². The fraction of sp³-hybridized carbons (Fsp3) is 0.423. The van der Waals surface area contributed by atoms with Crippen molar-refractivity contribution in [1.82, 2.24) is 30.9 Å². The van der Waals surface area contributed by atoms with Crippen molar-refractivity contribution in [2.45, 2.75) is 64.2 Å². The Bertz CT molecular complexity index is 1250. The summed E-state index contributed by atoms with van der Waals surface area (Å²) < 4.78 is 0. The number of carbonyl (C=O) groups is 4. The predicted octanol–water partition coefficient (Wildman–Crippen LogP) is 0.609. The van der Waals surface area contributed by atoms with Crippen molar-refractivity contribution >= 4 is 34.6 Å². The van der Waals surface area contributed by atoms with E-state index in [9.17, 15) is 24.3 Å². The van der Waals surface area contributed by atoms with E-state index in [4.69, 9.17) is 5.73 Å². The van der Waals surface area contributed by atoms with Gasteiger partial charge in [-0.2, -0.15) is 0 Å². The van der Waals surface area contributed by atoms with Crippen molar-refractivity contribution in [3.8, 4) is 0 Å². The fourth-order valence-electron chi connectivity index (χ4n) is 4.12. The summed E-state index contributed by atoms with van der Waals surface area (Å²) in [6, 6.07) is 3.46. The monoisotopic (exact) mass is 525 g/mol. The maximum atomic E-state index is 13.3. The number of benzene rings is 1. The van der Waals surface area contributed by atoms with E-state index in [1.54, 1.807) is 6.20 Å². The topological polar surface area (TPSA) is 195 Å². The summed E-state index contributed by atoms with van der Waals surface area (Å²) in [7, 11) is 0. The van der Waals surface area contributed by atoms with Crippen LogP contribution in [0.3, 0.4) is 0 Å². The maximum Gasteiger partial charge on any atom is 0.326 e. The Kier molecular flexibility index (Phi) is 9.61. The first kappa shape index (κ1) is 28.4. The highest BCUT2D eigenvalue weighted by molar-refractivity contribution is 5.94. The lowest BCUT2D eigenvalue weighted by atomic mass is 10.0. The first-order valence-corrected chi connectivity index (χ1v) is 12.5. The lowest BCUT2D eigenvalue weighted by Gasteiger charge is -2.24. The molecule has 3 aromatic rings. The molecular formula is C26H35N7O5. The number of aromatic nitrogens is 3. The number of nitrogens with zero attached hydrogens (tertiary/aromatic N) is 1. The van der Waals surface area contributed by atoms with Crippen LogP contribution in [0.2, 0.25) is 0 Å². The van der Waals surface area contributed by atoms with Gasteiger partial charge in [0.2, 0.25) is 17.7 Å². The second-order valence-electron chi connectivity index (χ2n) is 9.77. The number of nitrogens with two attached hydrogens (primary N) is 1. The van der Waals surface area contributed by atoms with Gasteiger partial charge < -0.3 is 36.8 Å². The fourth-order valence-corrected chi connectivity index (χ4v) is 4.12. The number of fused-ring (bicyclic) bond motifs is 1. The zero-order chi connectivity index (χ0) is 27.8. The Morgan fingerprint density at radius 2 is 1.66 bits per heavy atom. The number of carbonyl (C=O) groups excluding carboxylic acids is 3. The van der Waals surface area contributed by atoms with Gasteiger partial charge in [0.1, 0.15) is 18.1 Å². The molecule has 38 heavy (non-hydrogen) atoms. The lowest BCUT2D eigenvalue weighted by Crippen LogP contribution is -2.57. The van der Waals surface area contributed by atoms with Crippen molar-refractivity contribution < 1.29 is 24.3 Å². The van der Waals surface area contributed by atoms with Gasteiger partial charge in [-0.25, -0.2) is 9.78 Å². The number of H-pyrrole nitrogens is 2. The number of amides is 3. The molecule has 1 aromatic carbocycles. The smallest absolute Gasteiger partial charge is 0.326 e. The van der Waals surface area contributed by atoms with Crippen molar-refractivity contribution in [1.29, 1.82) is 0 Å². The normalized spacial score (nSPS) is 14.4. The molecule has 0 aliphatic rings. The van der Waals surface area contributed by atoms with Crippen molar-refractivity contribution in [3.05, 3.63) is 54.2 Å². The molecule has 2 heterocycles. The van der Waals surface area contributed by atoms with Crippen LogP contribution in [0.4, 0.5) is 0 Å². The second-order valence-corrected chi connectivity index (χ2v) is 9.77. The van der Waals surface area contributed by atoms with E-state index in [2.05, 4.69) is 30.9 Å². The highest BCUT2D eigenvalue weighted by Crippen LogP contribution is 2.19. The van der Waals surface area contributed by atoms with Crippen molar-refractivity contribution in [2.24, 2.45) is 11.7 Å². The summed E-state index contributed by atoms with van der Waals surface area (Å²) in [5.41, 5.74) is 8.27. The Hall–Kier alpha value is -4.19. The first-order valence-electron chi connectivity index (χ1n) is 12.5. The van der Waals surface area contributed by atoms with Crippen LogP contribution in [0.25, 0.3) is 10.9 Å². The van der Waals surface area contributed by atoms with E-state index in [1.807, 2.05) is 38.1 Å². The van der Waals surface area contributed by atoms with Gasteiger partial charge in [0, 0.05) is 41.8 Å². The molecule has 3 amide bonds. The molecule has 0 saturated carbocycles. The second kappa shape index (κ2) is 12.9. The summed E-state index contributed by atoms with van der Waals surface area (Å²) in [6.07, 6.45) is 5.24. The van der Waals surface area contributed by atoms with Crippen LogP contribution in [0.5, 0.6) is 0 Å². The number of carboxylic acid groups (broad SMARTS) is 1. The number of rotatable bonds is 13. The summed E-state index contributed by atoms with van der Waals surface area (Å²) in [6.45, 7) is 5.33. The summed E-state index contributed by atoms with van der Waals surface area (Å²) in [5, 5.41) is 18.2. The van der Waals surface area contributed by atoms with Crippen LogP contribution >= 0.6 is 0 Å². The van der Waals surface area contributed by atoms with Crippen LogP contribution in [-0.4, -0.2) is 67.9 Å². The molecule has 4 unspecified atom stereocenters. The number of hydrogen-bond donors (Lipinski definition) is 7. The molecule has 4 atom stereocenters. The van der Waals surface area contributed by atoms with E-state index in [1.165, 1.54) is 19.4 Å². The van der Waals surface area contributed by atoms with Crippen LogP contribution in [-0.2, 0) is 32.0 Å². The molecule has 12 nitrogen and oxygen atoms in total. The van der Waals surface area contributed by atoms with E-state index in [0.717, 1.165) is 16.5 Å². The molecule has 0 aliphatic heterocycles. The molecule has 0 aliphatic carbocycles. The van der Waals surface area contributed by atoms with Crippen LogP contribution < -0.4 is 21.7 Å². The van der Waals surface area contributed by atoms with E-state index in [0.29, 0.717) is 12.1 Å². The molecule has 0 radical (unpaired) electrons. The minimum absolute atomic E-state index is 0.00523. The highest BCUT2D eigenvalue weighted by atomic mass is 16.4. The number of aromatic amines is 2. The minimum atomic E-state index is -1.23. The number of aliphatic carboxylic acids is 1. The number of nitrogens with one attached hydrogen (secondary N) is 5. The maximum absolute atomic E-state index is 13.3. The Balaban J connectivity index is 1.72. The van der Waals surface area contributed by atoms with Gasteiger partial charge in [0.15, 0.2) is 0 Å². The molecule has 2 aromatic heterocycles. The first-order chi connectivity index (χ1) is 18.0. The summed E-state index contributed by atoms with van der Waals surface area (Å²) >= 11 is 0. The van der Waals surface area contributed by atoms with Crippen molar-refractivity contribution in [3.63, 3.8) is 0 Å². The molecule has 0 bridgehead atoms. The third kappa shape index (κ3) is 7.65.